The van der Waals surface area contributed by atoms with Gasteiger partial charge in [0.25, 0.3) is 0 Å². The predicted octanol–water partition coefficient (Wildman–Crippen LogP) is 2.46. The van der Waals surface area contributed by atoms with Gasteiger partial charge in [0.2, 0.25) is 5.91 Å². The molecule has 0 saturated heterocycles. The molecule has 0 radical (unpaired) electrons. The van der Waals surface area contributed by atoms with Crippen LogP contribution in [0.25, 0.3) is 0 Å². The number of allylic oxidation sites excluding steroid dienone is 1. The maximum Gasteiger partial charge on any atom is 0.249 e. The Hall–Kier alpha value is -1.58. The van der Waals surface area contributed by atoms with Crippen LogP contribution in [-0.2, 0) is 10.3 Å². The first-order valence-electron chi connectivity index (χ1n) is 5.35. The molecule has 0 aliphatic heterocycles. The molecule has 1 rings (SSSR count). The predicted molar refractivity (Wildman–Crippen MR) is 65.4 cm³/mol. The van der Waals surface area contributed by atoms with Crippen LogP contribution in [0.15, 0.2) is 18.2 Å². The normalized spacial score (nSPS) is 12.1. The molecule has 88 valence electrons. The SMILES string of the molecule is C/C=C/C(=O)Nc1cc(C)nn1C(C)(C)C. The molecule has 0 atom stereocenters. The third kappa shape index (κ3) is 2.95. The van der Waals surface area contributed by atoms with Crippen molar-refractivity contribution in [2.24, 2.45) is 0 Å². The van der Waals surface area contributed by atoms with Gasteiger partial charge in [-0.3, -0.25) is 4.79 Å². The third-order valence-electron chi connectivity index (χ3n) is 2.04. The molecule has 0 aliphatic rings. The van der Waals surface area contributed by atoms with E-state index in [0.29, 0.717) is 0 Å². The highest BCUT2D eigenvalue weighted by atomic mass is 16.1. The molecular formula is C12H19N3O. The summed E-state index contributed by atoms with van der Waals surface area (Å²) in [5.74, 6) is 0.598. The highest BCUT2D eigenvalue weighted by Gasteiger charge is 2.19. The zero-order valence-corrected chi connectivity index (χ0v) is 10.5. The fourth-order valence-electron chi connectivity index (χ4n) is 1.42. The molecule has 16 heavy (non-hydrogen) atoms. The lowest BCUT2D eigenvalue weighted by Gasteiger charge is -2.22. The molecule has 1 amide bonds. The van der Waals surface area contributed by atoms with Crippen LogP contribution in [0, 0.1) is 6.92 Å². The Morgan fingerprint density at radius 3 is 2.62 bits per heavy atom. The van der Waals surface area contributed by atoms with Gasteiger partial charge in [-0.05, 0) is 40.7 Å². The molecule has 0 unspecified atom stereocenters. The quantitative estimate of drug-likeness (QED) is 0.780. The molecule has 0 saturated carbocycles. The number of aromatic nitrogens is 2. The Balaban J connectivity index is 3.00. The van der Waals surface area contributed by atoms with Gasteiger partial charge in [0.05, 0.1) is 11.2 Å². The van der Waals surface area contributed by atoms with E-state index < -0.39 is 0 Å². The van der Waals surface area contributed by atoms with Crippen molar-refractivity contribution in [3.8, 4) is 0 Å². The zero-order valence-electron chi connectivity index (χ0n) is 10.5. The molecule has 0 fully saturated rings. The van der Waals surface area contributed by atoms with E-state index >= 15 is 0 Å². The largest absolute Gasteiger partial charge is 0.307 e. The van der Waals surface area contributed by atoms with E-state index in [-0.39, 0.29) is 11.4 Å². The van der Waals surface area contributed by atoms with E-state index in [2.05, 4.69) is 10.4 Å². The zero-order chi connectivity index (χ0) is 12.3. The van der Waals surface area contributed by atoms with E-state index in [9.17, 15) is 4.79 Å². The van der Waals surface area contributed by atoms with Crippen molar-refractivity contribution in [3.05, 3.63) is 23.9 Å². The van der Waals surface area contributed by atoms with Crippen molar-refractivity contribution < 1.29 is 4.79 Å². The molecule has 0 aromatic carbocycles. The van der Waals surface area contributed by atoms with Crippen LogP contribution in [0.1, 0.15) is 33.4 Å². The first kappa shape index (κ1) is 12.5. The molecule has 4 nitrogen and oxygen atoms in total. The van der Waals surface area contributed by atoms with Gasteiger partial charge in [0.15, 0.2) is 0 Å². The van der Waals surface area contributed by atoms with Crippen molar-refractivity contribution in [1.82, 2.24) is 9.78 Å². The Morgan fingerprint density at radius 2 is 2.12 bits per heavy atom. The lowest BCUT2D eigenvalue weighted by molar-refractivity contribution is -0.112. The summed E-state index contributed by atoms with van der Waals surface area (Å²) in [4.78, 5) is 11.5. The number of carbonyl (C=O) groups excluding carboxylic acids is 1. The maximum absolute atomic E-state index is 11.5. The second kappa shape index (κ2) is 4.51. The van der Waals surface area contributed by atoms with E-state index in [4.69, 9.17) is 0 Å². The van der Waals surface area contributed by atoms with Gasteiger partial charge in [-0.25, -0.2) is 4.68 Å². The van der Waals surface area contributed by atoms with Gasteiger partial charge in [0.1, 0.15) is 5.82 Å². The molecule has 1 heterocycles. The summed E-state index contributed by atoms with van der Waals surface area (Å²) in [7, 11) is 0. The van der Waals surface area contributed by atoms with Crippen LogP contribution in [0.5, 0.6) is 0 Å². The van der Waals surface area contributed by atoms with Crippen molar-refractivity contribution in [3.63, 3.8) is 0 Å². The monoisotopic (exact) mass is 221 g/mol. The van der Waals surface area contributed by atoms with Crippen molar-refractivity contribution in [1.29, 1.82) is 0 Å². The fraction of sp³-hybridized carbons (Fsp3) is 0.500. The number of amides is 1. The lowest BCUT2D eigenvalue weighted by Crippen LogP contribution is -2.26. The van der Waals surface area contributed by atoms with E-state index in [0.717, 1.165) is 11.5 Å². The van der Waals surface area contributed by atoms with Gasteiger partial charge in [-0.1, -0.05) is 6.08 Å². The summed E-state index contributed by atoms with van der Waals surface area (Å²) >= 11 is 0. The summed E-state index contributed by atoms with van der Waals surface area (Å²) in [6, 6.07) is 1.87. The lowest BCUT2D eigenvalue weighted by atomic mass is 10.1. The average molecular weight is 221 g/mol. The Bertz CT molecular complexity index is 410. The summed E-state index contributed by atoms with van der Waals surface area (Å²) in [6.07, 6.45) is 3.20. The minimum absolute atomic E-state index is 0.132. The van der Waals surface area contributed by atoms with E-state index in [1.54, 1.807) is 6.08 Å². The van der Waals surface area contributed by atoms with Crippen LogP contribution in [-0.4, -0.2) is 15.7 Å². The smallest absolute Gasteiger partial charge is 0.249 e. The van der Waals surface area contributed by atoms with Gasteiger partial charge in [-0.2, -0.15) is 5.10 Å². The van der Waals surface area contributed by atoms with Crippen LogP contribution in [0.3, 0.4) is 0 Å². The Kier molecular flexibility index (Phi) is 3.52. The number of hydrogen-bond acceptors (Lipinski definition) is 2. The first-order chi connectivity index (χ1) is 7.34. The number of anilines is 1. The number of nitrogens with one attached hydrogen (secondary N) is 1. The molecule has 0 bridgehead atoms. The van der Waals surface area contributed by atoms with E-state index in [1.807, 2.05) is 45.4 Å². The summed E-state index contributed by atoms with van der Waals surface area (Å²) in [5.41, 5.74) is 0.748. The molecule has 4 heteroatoms. The number of nitrogens with zero attached hydrogens (tertiary/aromatic N) is 2. The Labute approximate surface area is 96.3 Å². The third-order valence-corrected chi connectivity index (χ3v) is 2.04. The van der Waals surface area contributed by atoms with Crippen molar-refractivity contribution >= 4 is 11.7 Å². The van der Waals surface area contributed by atoms with Gasteiger partial charge >= 0.3 is 0 Å². The van der Waals surface area contributed by atoms with Gasteiger partial charge < -0.3 is 5.32 Å². The summed E-state index contributed by atoms with van der Waals surface area (Å²) < 4.78 is 1.82. The van der Waals surface area contributed by atoms with Crippen LogP contribution in [0.2, 0.25) is 0 Å². The van der Waals surface area contributed by atoms with Gasteiger partial charge in [0, 0.05) is 6.07 Å². The summed E-state index contributed by atoms with van der Waals surface area (Å²) in [6.45, 7) is 9.86. The topological polar surface area (TPSA) is 46.9 Å². The summed E-state index contributed by atoms with van der Waals surface area (Å²) in [5, 5.41) is 7.19. The van der Waals surface area contributed by atoms with Gasteiger partial charge in [-0.15, -0.1) is 0 Å². The first-order valence-corrected chi connectivity index (χ1v) is 5.35. The highest BCUT2D eigenvalue weighted by molar-refractivity contribution is 5.98. The number of hydrogen-bond donors (Lipinski definition) is 1. The standard InChI is InChI=1S/C12H19N3O/c1-6-7-11(16)13-10-8-9(2)14-15(10)12(3,4)5/h6-8H,1-5H3,(H,13,16)/b7-6+. The minimum atomic E-state index is -0.146. The number of rotatable bonds is 2. The van der Waals surface area contributed by atoms with Crippen LogP contribution in [0.4, 0.5) is 5.82 Å². The second-order valence-electron chi connectivity index (χ2n) is 4.74. The maximum atomic E-state index is 11.5. The molecule has 0 aliphatic carbocycles. The fourth-order valence-corrected chi connectivity index (χ4v) is 1.42. The van der Waals surface area contributed by atoms with E-state index in [1.165, 1.54) is 6.08 Å². The minimum Gasteiger partial charge on any atom is -0.307 e. The van der Waals surface area contributed by atoms with Crippen molar-refractivity contribution in [2.45, 2.75) is 40.2 Å². The molecule has 1 aromatic rings. The highest BCUT2D eigenvalue weighted by Crippen LogP contribution is 2.20. The molecule has 1 aromatic heterocycles. The Morgan fingerprint density at radius 1 is 1.50 bits per heavy atom. The molecular weight excluding hydrogens is 202 g/mol. The average Bonchev–Trinajstić information content (AvgIpc) is 2.46. The molecule has 0 spiro atoms. The number of carbonyl (C=O) groups is 1. The number of aryl methyl sites for hydroxylation is 1. The second-order valence-corrected chi connectivity index (χ2v) is 4.74. The molecule has 1 N–H and O–H groups in total. The van der Waals surface area contributed by atoms with Crippen LogP contribution >= 0.6 is 0 Å². The van der Waals surface area contributed by atoms with Crippen molar-refractivity contribution in [2.75, 3.05) is 5.32 Å². The van der Waals surface area contributed by atoms with Crippen LogP contribution < -0.4 is 5.32 Å².